The third kappa shape index (κ3) is 3.87. The molecule has 0 spiro atoms. The fourth-order valence-electron chi connectivity index (χ4n) is 4.12. The Kier molecular flexibility index (Phi) is 4.97. The van der Waals surface area contributed by atoms with Gasteiger partial charge < -0.3 is 9.88 Å². The molecular formula is C24H25N5. The van der Waals surface area contributed by atoms with Gasteiger partial charge in [-0.1, -0.05) is 60.7 Å². The second-order valence-corrected chi connectivity index (χ2v) is 7.61. The van der Waals surface area contributed by atoms with E-state index in [2.05, 4.69) is 80.5 Å². The molecule has 1 N–H and O–H groups in total. The van der Waals surface area contributed by atoms with Gasteiger partial charge in [0.15, 0.2) is 0 Å². The summed E-state index contributed by atoms with van der Waals surface area (Å²) in [5.41, 5.74) is 4.67. The Morgan fingerprint density at radius 2 is 1.79 bits per heavy atom. The molecule has 5 nitrogen and oxygen atoms in total. The molecule has 1 aliphatic heterocycles. The second-order valence-electron chi connectivity index (χ2n) is 7.61. The molecule has 0 fully saturated rings. The Morgan fingerprint density at radius 1 is 1.00 bits per heavy atom. The van der Waals surface area contributed by atoms with Gasteiger partial charge in [-0.15, -0.1) is 0 Å². The molecule has 0 bridgehead atoms. The molecule has 1 atom stereocenters. The van der Waals surface area contributed by atoms with Gasteiger partial charge in [0, 0.05) is 42.8 Å². The Bertz CT molecular complexity index is 1070. The van der Waals surface area contributed by atoms with Gasteiger partial charge in [-0.05, 0) is 18.4 Å². The van der Waals surface area contributed by atoms with Gasteiger partial charge >= 0.3 is 0 Å². The van der Waals surface area contributed by atoms with Crippen molar-refractivity contribution in [3.05, 3.63) is 96.2 Å². The number of hydrogen-bond donors (Lipinski definition) is 1. The van der Waals surface area contributed by atoms with Crippen molar-refractivity contribution < 1.29 is 0 Å². The van der Waals surface area contributed by atoms with Crippen LogP contribution in [0.3, 0.4) is 0 Å². The van der Waals surface area contributed by atoms with Crippen molar-refractivity contribution in [3.8, 4) is 11.3 Å². The maximum absolute atomic E-state index is 4.93. The van der Waals surface area contributed by atoms with E-state index >= 15 is 0 Å². The van der Waals surface area contributed by atoms with E-state index < -0.39 is 0 Å². The lowest BCUT2D eigenvalue weighted by molar-refractivity contribution is 0.385. The summed E-state index contributed by atoms with van der Waals surface area (Å²) in [6.07, 6.45) is 8.46. The molecule has 2 aromatic carbocycles. The van der Waals surface area contributed by atoms with Crippen LogP contribution in [0.4, 0.5) is 0 Å². The van der Waals surface area contributed by atoms with Gasteiger partial charge in [0.2, 0.25) is 0 Å². The van der Waals surface area contributed by atoms with Crippen molar-refractivity contribution in [2.45, 2.75) is 38.5 Å². The van der Waals surface area contributed by atoms with Gasteiger partial charge in [-0.3, -0.25) is 4.68 Å². The maximum atomic E-state index is 4.93. The molecule has 3 heterocycles. The van der Waals surface area contributed by atoms with Crippen LogP contribution in [0, 0.1) is 0 Å². The maximum Gasteiger partial charge on any atom is 0.125 e. The number of aryl methyl sites for hydroxylation is 1. The van der Waals surface area contributed by atoms with Crippen molar-refractivity contribution in [3.63, 3.8) is 0 Å². The third-order valence-electron chi connectivity index (χ3n) is 5.56. The molecule has 29 heavy (non-hydrogen) atoms. The predicted octanol–water partition coefficient (Wildman–Crippen LogP) is 4.42. The Hall–Kier alpha value is -3.18. The second kappa shape index (κ2) is 8.05. The lowest BCUT2D eigenvalue weighted by atomic mass is 10.1. The van der Waals surface area contributed by atoms with Crippen LogP contribution >= 0.6 is 0 Å². The first-order valence-corrected chi connectivity index (χ1v) is 10.3. The van der Waals surface area contributed by atoms with Gasteiger partial charge in [0.1, 0.15) is 5.82 Å². The van der Waals surface area contributed by atoms with E-state index in [-0.39, 0.29) is 0 Å². The molecule has 1 aliphatic rings. The zero-order valence-electron chi connectivity index (χ0n) is 16.4. The molecule has 0 saturated carbocycles. The summed E-state index contributed by atoms with van der Waals surface area (Å²) in [6, 6.07) is 21.2. The highest BCUT2D eigenvalue weighted by Crippen LogP contribution is 2.26. The zero-order valence-corrected chi connectivity index (χ0v) is 16.4. The summed E-state index contributed by atoms with van der Waals surface area (Å²) in [6.45, 7) is 2.61. The minimum Gasteiger partial charge on any atom is -0.334 e. The molecule has 5 heteroatoms. The average Bonchev–Trinajstić information content (AvgIpc) is 3.41. The van der Waals surface area contributed by atoms with Crippen molar-refractivity contribution in [2.24, 2.45) is 0 Å². The summed E-state index contributed by atoms with van der Waals surface area (Å²) < 4.78 is 4.31. The summed E-state index contributed by atoms with van der Waals surface area (Å²) >= 11 is 0. The molecular weight excluding hydrogens is 358 g/mol. The van der Waals surface area contributed by atoms with E-state index in [0.29, 0.717) is 6.04 Å². The van der Waals surface area contributed by atoms with Gasteiger partial charge in [0.25, 0.3) is 0 Å². The van der Waals surface area contributed by atoms with Crippen LogP contribution in [0.15, 0.2) is 79.3 Å². The van der Waals surface area contributed by atoms with Crippen LogP contribution < -0.4 is 5.32 Å². The first-order chi connectivity index (χ1) is 14.4. The lowest BCUT2D eigenvalue weighted by Crippen LogP contribution is -2.27. The number of rotatable bonds is 6. The number of nitrogens with one attached hydrogen (secondary N) is 1. The highest BCUT2D eigenvalue weighted by Gasteiger charge is 2.21. The standard InChI is InChI=1S/C24H25N5/c1-3-8-19(9-4-1)17-29-18-21(23(27-29)20-10-5-2-6-11-20)16-26-22-12-7-14-28-15-13-25-24(22)28/h1-6,8-11,13,15,18,22,26H,7,12,14,16-17H2. The minimum absolute atomic E-state index is 0.292. The molecule has 4 aromatic rings. The van der Waals surface area contributed by atoms with Gasteiger partial charge in [-0.2, -0.15) is 5.10 Å². The van der Waals surface area contributed by atoms with Gasteiger partial charge in [0.05, 0.1) is 18.3 Å². The predicted molar refractivity (Wildman–Crippen MR) is 114 cm³/mol. The number of hydrogen-bond acceptors (Lipinski definition) is 3. The molecule has 0 saturated heterocycles. The molecule has 2 aromatic heterocycles. The zero-order chi connectivity index (χ0) is 19.5. The first-order valence-electron chi connectivity index (χ1n) is 10.3. The van der Waals surface area contributed by atoms with Crippen molar-refractivity contribution in [1.29, 1.82) is 0 Å². The first kappa shape index (κ1) is 17.9. The normalized spacial score (nSPS) is 15.9. The van der Waals surface area contributed by atoms with Crippen molar-refractivity contribution in [1.82, 2.24) is 24.6 Å². The topological polar surface area (TPSA) is 47.7 Å². The molecule has 0 aliphatic carbocycles. The average molecular weight is 383 g/mol. The smallest absolute Gasteiger partial charge is 0.125 e. The Labute approximate surface area is 171 Å². The van der Waals surface area contributed by atoms with Crippen molar-refractivity contribution >= 4 is 0 Å². The fraction of sp³-hybridized carbons (Fsp3) is 0.250. The van der Waals surface area contributed by atoms with Crippen molar-refractivity contribution in [2.75, 3.05) is 0 Å². The van der Waals surface area contributed by atoms with Crippen LogP contribution in [-0.4, -0.2) is 19.3 Å². The SMILES string of the molecule is c1ccc(Cn2cc(CNC3CCCn4ccnc43)c(-c3ccccc3)n2)cc1. The van der Waals surface area contributed by atoms with E-state index in [1.54, 1.807) is 0 Å². The molecule has 0 radical (unpaired) electrons. The van der Waals surface area contributed by atoms with E-state index in [1.807, 2.05) is 18.3 Å². The number of aromatic nitrogens is 4. The molecule has 1 unspecified atom stereocenters. The summed E-state index contributed by atoms with van der Waals surface area (Å²) in [4.78, 5) is 4.57. The van der Waals surface area contributed by atoms with E-state index in [1.165, 1.54) is 17.5 Å². The van der Waals surface area contributed by atoms with E-state index in [0.717, 1.165) is 43.1 Å². The van der Waals surface area contributed by atoms with Crippen LogP contribution in [0.25, 0.3) is 11.3 Å². The lowest BCUT2D eigenvalue weighted by Gasteiger charge is -2.24. The summed E-state index contributed by atoms with van der Waals surface area (Å²) in [5.74, 6) is 1.15. The quantitative estimate of drug-likeness (QED) is 0.536. The highest BCUT2D eigenvalue weighted by molar-refractivity contribution is 5.62. The Balaban J connectivity index is 1.41. The number of imidazole rings is 1. The van der Waals surface area contributed by atoms with Crippen LogP contribution in [0.1, 0.15) is 35.8 Å². The van der Waals surface area contributed by atoms with Crippen LogP contribution in [-0.2, 0) is 19.6 Å². The van der Waals surface area contributed by atoms with Crippen LogP contribution in [0.2, 0.25) is 0 Å². The number of fused-ring (bicyclic) bond motifs is 1. The largest absolute Gasteiger partial charge is 0.334 e. The highest BCUT2D eigenvalue weighted by atomic mass is 15.3. The van der Waals surface area contributed by atoms with Gasteiger partial charge in [-0.25, -0.2) is 4.98 Å². The third-order valence-corrected chi connectivity index (χ3v) is 5.56. The minimum atomic E-state index is 0.292. The summed E-state index contributed by atoms with van der Waals surface area (Å²) in [5, 5.41) is 8.66. The monoisotopic (exact) mass is 383 g/mol. The molecule has 5 rings (SSSR count). The van der Waals surface area contributed by atoms with Crippen LogP contribution in [0.5, 0.6) is 0 Å². The number of benzene rings is 2. The Morgan fingerprint density at radius 3 is 2.62 bits per heavy atom. The van der Waals surface area contributed by atoms with E-state index in [9.17, 15) is 0 Å². The summed E-state index contributed by atoms with van der Waals surface area (Å²) in [7, 11) is 0. The fourth-order valence-corrected chi connectivity index (χ4v) is 4.12. The molecule has 0 amide bonds. The van der Waals surface area contributed by atoms with E-state index in [4.69, 9.17) is 5.10 Å². The molecule has 146 valence electrons. The number of nitrogens with zero attached hydrogens (tertiary/aromatic N) is 4.